The average Bonchev–Trinajstić information content (AvgIpc) is 2.43. The Labute approximate surface area is 117 Å². The number of fused-ring (bicyclic) bond motifs is 1. The number of nitrogen functional groups attached to an aromatic ring is 1. The quantitative estimate of drug-likeness (QED) is 0.599. The normalized spacial score (nSPS) is 10.6. The van der Waals surface area contributed by atoms with Gasteiger partial charge in [-0.15, -0.1) is 0 Å². The van der Waals surface area contributed by atoms with Gasteiger partial charge < -0.3 is 15.6 Å². The molecule has 5 heteroatoms. The molecule has 0 fully saturated rings. The van der Waals surface area contributed by atoms with Gasteiger partial charge >= 0.3 is 5.97 Å². The van der Waals surface area contributed by atoms with E-state index < -0.39 is 5.97 Å². The molecule has 0 unspecified atom stereocenters. The number of anilines is 1. The number of nitrogens with two attached hydrogens (primary N) is 1. The zero-order valence-corrected chi connectivity index (χ0v) is 11.2. The van der Waals surface area contributed by atoms with Crippen LogP contribution in [0.2, 0.25) is 0 Å². The maximum Gasteiger partial charge on any atom is 0.303 e. The molecule has 106 valence electrons. The Balaban J connectivity index is 1.90. The van der Waals surface area contributed by atoms with Crippen LogP contribution in [0.4, 0.5) is 5.69 Å². The highest BCUT2D eigenvalue weighted by Gasteiger charge is 2.05. The number of carbonyl (C=O) groups is 1. The highest BCUT2D eigenvalue weighted by molar-refractivity contribution is 5.93. The van der Waals surface area contributed by atoms with Gasteiger partial charge in [-0.2, -0.15) is 0 Å². The van der Waals surface area contributed by atoms with E-state index in [9.17, 15) is 4.79 Å². The largest absolute Gasteiger partial charge is 0.493 e. The molecule has 3 N–H and O–H groups in total. The highest BCUT2D eigenvalue weighted by atomic mass is 16.5. The molecule has 0 bridgehead atoms. The van der Waals surface area contributed by atoms with Crippen LogP contribution in [-0.4, -0.2) is 22.7 Å². The Morgan fingerprint density at radius 2 is 2.10 bits per heavy atom. The number of ether oxygens (including phenoxy) is 1. The van der Waals surface area contributed by atoms with E-state index in [-0.39, 0.29) is 6.42 Å². The molecule has 1 aromatic carbocycles. The summed E-state index contributed by atoms with van der Waals surface area (Å²) in [5, 5.41) is 9.44. The summed E-state index contributed by atoms with van der Waals surface area (Å²) in [7, 11) is 0. The van der Waals surface area contributed by atoms with Gasteiger partial charge in [0.15, 0.2) is 0 Å². The minimum absolute atomic E-state index is 0.217. The number of aromatic nitrogens is 1. The predicted molar refractivity (Wildman–Crippen MR) is 77.8 cm³/mol. The molecule has 0 radical (unpaired) electrons. The van der Waals surface area contributed by atoms with Gasteiger partial charge in [-0.1, -0.05) is 6.07 Å². The Morgan fingerprint density at radius 3 is 2.90 bits per heavy atom. The van der Waals surface area contributed by atoms with E-state index in [0.717, 1.165) is 29.5 Å². The van der Waals surface area contributed by atoms with Gasteiger partial charge in [0, 0.05) is 18.0 Å². The van der Waals surface area contributed by atoms with E-state index in [1.807, 2.05) is 24.3 Å². The number of carboxylic acid groups (broad SMARTS) is 1. The first kappa shape index (κ1) is 14.1. The van der Waals surface area contributed by atoms with Crippen molar-refractivity contribution in [3.63, 3.8) is 0 Å². The van der Waals surface area contributed by atoms with Crippen LogP contribution in [-0.2, 0) is 4.79 Å². The Bertz CT molecular complexity index is 599. The number of para-hydroxylation sites is 1. The van der Waals surface area contributed by atoms with Gasteiger partial charge in [0.25, 0.3) is 0 Å². The summed E-state index contributed by atoms with van der Waals surface area (Å²) >= 11 is 0. The number of hydrogen-bond acceptors (Lipinski definition) is 4. The topological polar surface area (TPSA) is 85.4 Å². The second-order valence-corrected chi connectivity index (χ2v) is 4.61. The first-order chi connectivity index (χ1) is 9.68. The molecule has 0 amide bonds. The summed E-state index contributed by atoms with van der Waals surface area (Å²) in [6, 6.07) is 7.43. The molecule has 5 nitrogen and oxygen atoms in total. The third-order valence-electron chi connectivity index (χ3n) is 3.05. The fraction of sp³-hybridized carbons (Fsp3) is 0.333. The van der Waals surface area contributed by atoms with Gasteiger partial charge in [-0.05, 0) is 37.5 Å². The minimum atomic E-state index is -0.749. The summed E-state index contributed by atoms with van der Waals surface area (Å²) < 4.78 is 5.74. The number of benzene rings is 1. The van der Waals surface area contributed by atoms with E-state index in [1.54, 1.807) is 6.20 Å². The zero-order chi connectivity index (χ0) is 14.4. The summed E-state index contributed by atoms with van der Waals surface area (Å²) in [5.41, 5.74) is 7.25. The molecule has 0 spiro atoms. The number of pyridine rings is 1. The molecule has 0 aliphatic carbocycles. The van der Waals surface area contributed by atoms with Crippen LogP contribution in [0.25, 0.3) is 10.9 Å². The van der Waals surface area contributed by atoms with Crippen LogP contribution in [0.5, 0.6) is 5.75 Å². The number of nitrogens with zero attached hydrogens (tertiary/aromatic N) is 1. The van der Waals surface area contributed by atoms with E-state index in [2.05, 4.69) is 4.98 Å². The second kappa shape index (κ2) is 6.75. The fourth-order valence-corrected chi connectivity index (χ4v) is 2.04. The number of rotatable bonds is 7. The minimum Gasteiger partial charge on any atom is -0.493 e. The number of carboxylic acids is 1. The molecule has 0 atom stereocenters. The predicted octanol–water partition coefficient (Wildman–Crippen LogP) is 2.84. The lowest BCUT2D eigenvalue weighted by atomic mass is 10.2. The van der Waals surface area contributed by atoms with Crippen LogP contribution in [0.3, 0.4) is 0 Å². The van der Waals surface area contributed by atoms with Gasteiger partial charge in [0.05, 0.1) is 17.8 Å². The molecule has 2 aromatic rings. The van der Waals surface area contributed by atoms with Gasteiger partial charge in [0.1, 0.15) is 5.75 Å². The maximum absolute atomic E-state index is 10.4. The molecule has 0 saturated heterocycles. The monoisotopic (exact) mass is 274 g/mol. The second-order valence-electron chi connectivity index (χ2n) is 4.61. The lowest BCUT2D eigenvalue weighted by Crippen LogP contribution is -2.00. The number of unbranched alkanes of at least 4 members (excludes halogenated alkanes) is 2. The van der Waals surface area contributed by atoms with Crippen molar-refractivity contribution in [2.24, 2.45) is 0 Å². The number of hydrogen-bond donors (Lipinski definition) is 2. The molecule has 2 rings (SSSR count). The van der Waals surface area contributed by atoms with E-state index in [0.29, 0.717) is 18.7 Å². The Kier molecular flexibility index (Phi) is 4.76. The van der Waals surface area contributed by atoms with E-state index >= 15 is 0 Å². The Hall–Kier alpha value is -2.30. The fourth-order valence-electron chi connectivity index (χ4n) is 2.04. The summed E-state index contributed by atoms with van der Waals surface area (Å²) in [6.07, 6.45) is 4.26. The van der Waals surface area contributed by atoms with Crippen LogP contribution in [0, 0.1) is 0 Å². The van der Waals surface area contributed by atoms with Crippen molar-refractivity contribution in [3.05, 3.63) is 30.5 Å². The zero-order valence-electron chi connectivity index (χ0n) is 11.2. The Morgan fingerprint density at radius 1 is 1.25 bits per heavy atom. The van der Waals surface area contributed by atoms with Crippen LogP contribution in [0.15, 0.2) is 30.5 Å². The molecule has 20 heavy (non-hydrogen) atoms. The van der Waals surface area contributed by atoms with Crippen molar-refractivity contribution in [2.75, 3.05) is 12.3 Å². The molecule has 0 aliphatic rings. The maximum atomic E-state index is 10.4. The van der Waals surface area contributed by atoms with Crippen molar-refractivity contribution in [1.29, 1.82) is 0 Å². The lowest BCUT2D eigenvalue weighted by Gasteiger charge is -2.09. The van der Waals surface area contributed by atoms with E-state index in [1.165, 1.54) is 0 Å². The smallest absolute Gasteiger partial charge is 0.303 e. The molecule has 0 saturated carbocycles. The molecular formula is C15H18N2O3. The lowest BCUT2D eigenvalue weighted by molar-refractivity contribution is -0.137. The van der Waals surface area contributed by atoms with Gasteiger partial charge in [0.2, 0.25) is 0 Å². The van der Waals surface area contributed by atoms with Crippen molar-refractivity contribution in [3.8, 4) is 5.75 Å². The van der Waals surface area contributed by atoms with E-state index in [4.69, 9.17) is 15.6 Å². The van der Waals surface area contributed by atoms with Gasteiger partial charge in [-0.3, -0.25) is 9.78 Å². The van der Waals surface area contributed by atoms with Crippen LogP contribution >= 0.6 is 0 Å². The van der Waals surface area contributed by atoms with Crippen molar-refractivity contribution in [1.82, 2.24) is 4.98 Å². The molecule has 0 aliphatic heterocycles. The third kappa shape index (κ3) is 3.60. The third-order valence-corrected chi connectivity index (χ3v) is 3.05. The summed E-state index contributed by atoms with van der Waals surface area (Å²) in [5.74, 6) is 0.0158. The van der Waals surface area contributed by atoms with Crippen LogP contribution in [0.1, 0.15) is 25.7 Å². The molecule has 1 aromatic heterocycles. The SMILES string of the molecule is Nc1cccc2c(OCCCCCC(=O)O)ccnc12. The van der Waals surface area contributed by atoms with Gasteiger partial charge in [-0.25, -0.2) is 0 Å². The summed E-state index contributed by atoms with van der Waals surface area (Å²) in [6.45, 7) is 0.563. The first-order valence-corrected chi connectivity index (χ1v) is 6.66. The summed E-state index contributed by atoms with van der Waals surface area (Å²) in [4.78, 5) is 14.6. The standard InChI is InChI=1S/C15H18N2O3/c16-12-6-4-5-11-13(8-9-17-15(11)12)20-10-3-1-2-7-14(18)19/h4-6,8-9H,1-3,7,10,16H2,(H,18,19). The number of aliphatic carboxylic acids is 1. The van der Waals surface area contributed by atoms with Crippen molar-refractivity contribution in [2.45, 2.75) is 25.7 Å². The van der Waals surface area contributed by atoms with Crippen LogP contribution < -0.4 is 10.5 Å². The molecule has 1 heterocycles. The van der Waals surface area contributed by atoms with Crippen molar-refractivity contribution < 1.29 is 14.6 Å². The highest BCUT2D eigenvalue weighted by Crippen LogP contribution is 2.27. The first-order valence-electron chi connectivity index (χ1n) is 6.66. The average molecular weight is 274 g/mol. The van der Waals surface area contributed by atoms with Crippen molar-refractivity contribution >= 4 is 22.6 Å². The molecular weight excluding hydrogens is 256 g/mol.